The predicted octanol–water partition coefficient (Wildman–Crippen LogP) is 3.98. The largest absolute Gasteiger partial charge is 0.497 e. The van der Waals surface area contributed by atoms with E-state index in [0.717, 1.165) is 22.4 Å². The first-order valence-electron chi connectivity index (χ1n) is 6.53. The lowest BCUT2D eigenvalue weighted by Crippen LogP contribution is -1.91. The van der Waals surface area contributed by atoms with E-state index in [4.69, 9.17) is 4.74 Å². The fraction of sp³-hybridized carbons (Fsp3) is 0.294. The predicted molar refractivity (Wildman–Crippen MR) is 78.4 cm³/mol. The van der Waals surface area contributed by atoms with Crippen LogP contribution in [0.25, 0.3) is 11.1 Å². The van der Waals surface area contributed by atoms with Crippen molar-refractivity contribution < 1.29 is 9.84 Å². The third-order valence-electron chi connectivity index (χ3n) is 3.27. The minimum Gasteiger partial charge on any atom is -0.497 e. The molecule has 0 aromatic heterocycles. The van der Waals surface area contributed by atoms with E-state index in [2.05, 4.69) is 38.1 Å². The molecular formula is C17H20O2. The molecule has 0 radical (unpaired) electrons. The molecule has 0 fully saturated rings. The van der Waals surface area contributed by atoms with Gasteiger partial charge in [-0.25, -0.2) is 0 Å². The Morgan fingerprint density at radius 3 is 2.47 bits per heavy atom. The SMILES string of the molecule is COc1cc(CO)cc(-c2cccc(C(C)C)c2)c1. The minimum atomic E-state index is 0.0219. The van der Waals surface area contributed by atoms with Gasteiger partial charge in [0.2, 0.25) is 0 Å². The summed E-state index contributed by atoms with van der Waals surface area (Å²) in [5.41, 5.74) is 4.40. The zero-order valence-corrected chi connectivity index (χ0v) is 11.7. The average molecular weight is 256 g/mol. The molecule has 0 bridgehead atoms. The maximum atomic E-state index is 9.32. The number of hydrogen-bond acceptors (Lipinski definition) is 2. The topological polar surface area (TPSA) is 29.5 Å². The van der Waals surface area contributed by atoms with Gasteiger partial charge in [-0.3, -0.25) is 0 Å². The van der Waals surface area contributed by atoms with Gasteiger partial charge in [-0.15, -0.1) is 0 Å². The van der Waals surface area contributed by atoms with Gasteiger partial charge in [0.15, 0.2) is 0 Å². The quantitative estimate of drug-likeness (QED) is 0.896. The molecular weight excluding hydrogens is 236 g/mol. The van der Waals surface area contributed by atoms with Gasteiger partial charge in [0.25, 0.3) is 0 Å². The number of aliphatic hydroxyl groups is 1. The molecule has 1 N–H and O–H groups in total. The van der Waals surface area contributed by atoms with E-state index < -0.39 is 0 Å². The molecule has 0 aliphatic carbocycles. The van der Waals surface area contributed by atoms with Gasteiger partial charge in [-0.2, -0.15) is 0 Å². The lowest BCUT2D eigenvalue weighted by Gasteiger charge is -2.11. The Bertz CT molecular complexity index is 537. The van der Waals surface area contributed by atoms with E-state index in [1.54, 1.807) is 7.11 Å². The smallest absolute Gasteiger partial charge is 0.119 e. The van der Waals surface area contributed by atoms with Crippen LogP contribution >= 0.6 is 0 Å². The van der Waals surface area contributed by atoms with Crippen molar-refractivity contribution in [3.63, 3.8) is 0 Å². The molecule has 0 spiro atoms. The molecule has 2 heteroatoms. The van der Waals surface area contributed by atoms with E-state index >= 15 is 0 Å². The summed E-state index contributed by atoms with van der Waals surface area (Å²) in [5, 5.41) is 9.32. The molecule has 0 amide bonds. The van der Waals surface area contributed by atoms with Gasteiger partial charge in [-0.1, -0.05) is 38.1 Å². The normalized spacial score (nSPS) is 10.8. The monoisotopic (exact) mass is 256 g/mol. The van der Waals surface area contributed by atoms with Crippen LogP contribution < -0.4 is 4.74 Å². The zero-order valence-electron chi connectivity index (χ0n) is 11.7. The van der Waals surface area contributed by atoms with Crippen LogP contribution in [-0.2, 0) is 6.61 Å². The number of methoxy groups -OCH3 is 1. The number of rotatable bonds is 4. The zero-order chi connectivity index (χ0) is 13.8. The second kappa shape index (κ2) is 5.89. The summed E-state index contributed by atoms with van der Waals surface area (Å²) in [5.74, 6) is 1.28. The van der Waals surface area contributed by atoms with E-state index in [9.17, 15) is 5.11 Å². The summed E-state index contributed by atoms with van der Waals surface area (Å²) in [7, 11) is 1.64. The Balaban J connectivity index is 2.48. The first-order chi connectivity index (χ1) is 9.13. The van der Waals surface area contributed by atoms with Crippen LogP contribution in [0.15, 0.2) is 42.5 Å². The van der Waals surface area contributed by atoms with E-state index in [-0.39, 0.29) is 6.61 Å². The highest BCUT2D eigenvalue weighted by Gasteiger charge is 2.05. The molecule has 19 heavy (non-hydrogen) atoms. The molecule has 100 valence electrons. The van der Waals surface area contributed by atoms with Crippen molar-refractivity contribution in [1.29, 1.82) is 0 Å². The van der Waals surface area contributed by atoms with E-state index in [1.807, 2.05) is 18.2 Å². The molecule has 0 heterocycles. The minimum absolute atomic E-state index is 0.0219. The molecule has 0 aliphatic heterocycles. The van der Waals surface area contributed by atoms with Crippen LogP contribution in [0.4, 0.5) is 0 Å². The highest BCUT2D eigenvalue weighted by Crippen LogP contribution is 2.28. The maximum Gasteiger partial charge on any atom is 0.119 e. The van der Waals surface area contributed by atoms with Crippen molar-refractivity contribution in [1.82, 2.24) is 0 Å². The van der Waals surface area contributed by atoms with Gasteiger partial charge >= 0.3 is 0 Å². The van der Waals surface area contributed by atoms with Crippen molar-refractivity contribution in [3.05, 3.63) is 53.6 Å². The van der Waals surface area contributed by atoms with Crippen molar-refractivity contribution in [3.8, 4) is 16.9 Å². The van der Waals surface area contributed by atoms with Crippen molar-refractivity contribution in [2.75, 3.05) is 7.11 Å². The molecule has 0 aliphatic rings. The maximum absolute atomic E-state index is 9.32. The van der Waals surface area contributed by atoms with Crippen LogP contribution in [0.2, 0.25) is 0 Å². The van der Waals surface area contributed by atoms with Gasteiger partial charge in [0.05, 0.1) is 13.7 Å². The van der Waals surface area contributed by atoms with Crippen LogP contribution in [-0.4, -0.2) is 12.2 Å². The molecule has 0 unspecified atom stereocenters. The summed E-state index contributed by atoms with van der Waals surface area (Å²) < 4.78 is 5.29. The molecule has 0 atom stereocenters. The van der Waals surface area contributed by atoms with E-state index in [1.165, 1.54) is 5.56 Å². The van der Waals surface area contributed by atoms with Crippen LogP contribution in [0, 0.1) is 0 Å². The average Bonchev–Trinajstić information content (AvgIpc) is 2.46. The summed E-state index contributed by atoms with van der Waals surface area (Å²) >= 11 is 0. The summed E-state index contributed by atoms with van der Waals surface area (Å²) in [6.45, 7) is 4.39. The molecule has 0 saturated heterocycles. The van der Waals surface area contributed by atoms with Gasteiger partial charge < -0.3 is 9.84 Å². The third kappa shape index (κ3) is 3.15. The fourth-order valence-electron chi connectivity index (χ4n) is 2.11. The highest BCUT2D eigenvalue weighted by atomic mass is 16.5. The number of aliphatic hydroxyl groups excluding tert-OH is 1. The lowest BCUT2D eigenvalue weighted by molar-refractivity contribution is 0.281. The summed E-state index contributed by atoms with van der Waals surface area (Å²) in [6.07, 6.45) is 0. The molecule has 2 aromatic carbocycles. The van der Waals surface area contributed by atoms with Gasteiger partial charge in [-0.05, 0) is 46.4 Å². The number of hydrogen-bond donors (Lipinski definition) is 1. The Kier molecular flexibility index (Phi) is 4.23. The van der Waals surface area contributed by atoms with Crippen LogP contribution in [0.5, 0.6) is 5.75 Å². The Labute approximate surface area is 114 Å². The summed E-state index contributed by atoms with van der Waals surface area (Å²) in [6, 6.07) is 14.4. The number of benzene rings is 2. The Morgan fingerprint density at radius 2 is 1.84 bits per heavy atom. The Hall–Kier alpha value is -1.80. The first-order valence-corrected chi connectivity index (χ1v) is 6.53. The second-order valence-corrected chi connectivity index (χ2v) is 5.01. The molecule has 2 rings (SSSR count). The first kappa shape index (κ1) is 13.6. The van der Waals surface area contributed by atoms with Crippen molar-refractivity contribution in [2.24, 2.45) is 0 Å². The van der Waals surface area contributed by atoms with E-state index in [0.29, 0.717) is 5.92 Å². The molecule has 2 nitrogen and oxygen atoms in total. The van der Waals surface area contributed by atoms with Gasteiger partial charge in [0, 0.05) is 0 Å². The number of ether oxygens (including phenoxy) is 1. The van der Waals surface area contributed by atoms with Gasteiger partial charge in [0.1, 0.15) is 5.75 Å². The van der Waals surface area contributed by atoms with Crippen LogP contribution in [0.1, 0.15) is 30.9 Å². The van der Waals surface area contributed by atoms with Crippen LogP contribution in [0.3, 0.4) is 0 Å². The standard InChI is InChI=1S/C17H20O2/c1-12(2)14-5-4-6-15(9-14)16-7-13(11-18)8-17(10-16)19-3/h4-10,12,18H,11H2,1-3H3. The third-order valence-corrected chi connectivity index (χ3v) is 3.27. The molecule has 0 saturated carbocycles. The lowest BCUT2D eigenvalue weighted by atomic mass is 9.96. The summed E-state index contributed by atoms with van der Waals surface area (Å²) in [4.78, 5) is 0. The van der Waals surface area contributed by atoms with Crippen molar-refractivity contribution in [2.45, 2.75) is 26.4 Å². The van der Waals surface area contributed by atoms with Crippen molar-refractivity contribution >= 4 is 0 Å². The fourth-order valence-corrected chi connectivity index (χ4v) is 2.11. The Morgan fingerprint density at radius 1 is 1.05 bits per heavy atom. The second-order valence-electron chi connectivity index (χ2n) is 5.01. The molecule has 2 aromatic rings. The highest BCUT2D eigenvalue weighted by molar-refractivity contribution is 5.67.